The van der Waals surface area contributed by atoms with Crippen LogP contribution in [0.3, 0.4) is 0 Å². The van der Waals surface area contributed by atoms with Gasteiger partial charge in [-0.05, 0) is 42.3 Å². The molecule has 1 aromatic rings. The maximum Gasteiger partial charge on any atom is 0.331 e. The van der Waals surface area contributed by atoms with Crippen molar-refractivity contribution in [3.63, 3.8) is 0 Å². The van der Waals surface area contributed by atoms with Crippen LogP contribution < -0.4 is 4.74 Å². The van der Waals surface area contributed by atoms with Gasteiger partial charge in [-0.25, -0.2) is 4.79 Å². The van der Waals surface area contributed by atoms with E-state index in [0.717, 1.165) is 0 Å². The molecule has 46 heavy (non-hydrogen) atoms. The fourth-order valence-electron chi connectivity index (χ4n) is 5.97. The lowest BCUT2D eigenvalue weighted by Crippen LogP contribution is -2.60. The molecule has 3 aliphatic heterocycles. The van der Waals surface area contributed by atoms with Crippen LogP contribution in [0.5, 0.6) is 5.75 Å². The Hall–Kier alpha value is -2.93. The van der Waals surface area contributed by atoms with Gasteiger partial charge in [0.15, 0.2) is 18.7 Å². The summed E-state index contributed by atoms with van der Waals surface area (Å²) in [4.78, 5) is 12.5. The lowest BCUT2D eigenvalue weighted by molar-refractivity contribution is -0.341. The van der Waals surface area contributed by atoms with Crippen LogP contribution >= 0.6 is 0 Å². The molecule has 1 aliphatic carbocycles. The minimum atomic E-state index is -1.67. The normalized spacial score (nSPS) is 40.7. The zero-order chi connectivity index (χ0) is 33.1. The molecule has 3 heterocycles. The van der Waals surface area contributed by atoms with E-state index in [9.17, 15) is 40.5 Å². The van der Waals surface area contributed by atoms with Crippen molar-refractivity contribution in [3.8, 4) is 5.75 Å². The molecule has 7 N–H and O–H groups in total. The van der Waals surface area contributed by atoms with E-state index < -0.39 is 105 Å². The number of carbonyl (C=O) groups excluding carboxylic acids is 1. The van der Waals surface area contributed by atoms with Gasteiger partial charge in [-0.2, -0.15) is 0 Å². The van der Waals surface area contributed by atoms with Gasteiger partial charge in [0.2, 0.25) is 6.29 Å². The second-order valence-electron chi connectivity index (χ2n) is 11.5. The summed E-state index contributed by atoms with van der Waals surface area (Å²) in [7, 11) is 1.54. The fourth-order valence-corrected chi connectivity index (χ4v) is 5.97. The van der Waals surface area contributed by atoms with Crippen LogP contribution in [0.4, 0.5) is 0 Å². The first-order chi connectivity index (χ1) is 22.1. The standard InChI is InChI=1S/C31H40O15/c1-14-28(45-21(34)8-5-15-3-6-17(40-2)7-4-15)25(37)27(39)30(42-14)43-19-11-16(12-32)22-18(19)9-10-41-29(22)46-31-26(38)24(36)23(35)20(13-33)44-31/h3-11,14,18-20,22-33,35-39H,12-13H2,1-2H3. The highest BCUT2D eigenvalue weighted by molar-refractivity contribution is 5.87. The number of hydrogen-bond donors (Lipinski definition) is 7. The molecule has 4 aliphatic rings. The van der Waals surface area contributed by atoms with E-state index in [1.165, 1.54) is 18.4 Å². The summed E-state index contributed by atoms with van der Waals surface area (Å²) in [5.41, 5.74) is 1.15. The molecule has 0 amide bonds. The summed E-state index contributed by atoms with van der Waals surface area (Å²) in [6, 6.07) is 6.96. The zero-order valence-corrected chi connectivity index (χ0v) is 25.1. The van der Waals surface area contributed by atoms with Crippen LogP contribution in [0.2, 0.25) is 0 Å². The smallest absolute Gasteiger partial charge is 0.331 e. The molecule has 1 aromatic carbocycles. The van der Waals surface area contributed by atoms with Gasteiger partial charge < -0.3 is 68.9 Å². The van der Waals surface area contributed by atoms with Crippen LogP contribution in [-0.4, -0.2) is 136 Å². The molecular formula is C31H40O15. The zero-order valence-electron chi connectivity index (χ0n) is 25.1. The third-order valence-corrected chi connectivity index (χ3v) is 8.55. The quantitative estimate of drug-likeness (QED) is 0.0852. The summed E-state index contributed by atoms with van der Waals surface area (Å²) in [6.45, 7) is 0.484. The van der Waals surface area contributed by atoms with E-state index >= 15 is 0 Å². The SMILES string of the molecule is COc1ccc(C=CC(=O)OC2C(C)OC(OC3C=C(CO)C4C(OC5OC(CO)C(O)C(O)C5O)OC=CC34)C(O)C2O)cc1. The second kappa shape index (κ2) is 14.9. The minimum Gasteiger partial charge on any atom is -0.497 e. The molecule has 0 bridgehead atoms. The first-order valence-corrected chi connectivity index (χ1v) is 14.9. The van der Waals surface area contributed by atoms with Crippen LogP contribution in [0, 0.1) is 11.8 Å². The van der Waals surface area contributed by atoms with Crippen LogP contribution in [0.15, 0.2) is 54.3 Å². The number of hydrogen-bond acceptors (Lipinski definition) is 15. The summed E-state index contributed by atoms with van der Waals surface area (Å²) in [5, 5.41) is 72.0. The molecule has 14 atom stereocenters. The van der Waals surface area contributed by atoms with Crippen molar-refractivity contribution in [1.29, 1.82) is 0 Å². The van der Waals surface area contributed by atoms with Gasteiger partial charge in [-0.1, -0.05) is 18.2 Å². The van der Waals surface area contributed by atoms with Crippen molar-refractivity contribution in [2.24, 2.45) is 11.8 Å². The van der Waals surface area contributed by atoms with E-state index in [0.29, 0.717) is 16.9 Å². The number of methoxy groups -OCH3 is 1. The average Bonchev–Trinajstić information content (AvgIpc) is 3.43. The molecule has 2 fully saturated rings. The van der Waals surface area contributed by atoms with Crippen LogP contribution in [0.25, 0.3) is 6.08 Å². The van der Waals surface area contributed by atoms with Gasteiger partial charge >= 0.3 is 5.97 Å². The topological polar surface area (TPSA) is 223 Å². The third-order valence-electron chi connectivity index (χ3n) is 8.55. The second-order valence-corrected chi connectivity index (χ2v) is 11.5. The lowest BCUT2D eigenvalue weighted by atomic mass is 9.88. The lowest BCUT2D eigenvalue weighted by Gasteiger charge is -2.43. The Kier molecular flexibility index (Phi) is 11.1. The van der Waals surface area contributed by atoms with Crippen molar-refractivity contribution >= 4 is 12.0 Å². The van der Waals surface area contributed by atoms with Crippen molar-refractivity contribution in [1.82, 2.24) is 0 Å². The number of aliphatic hydroxyl groups is 7. The summed E-state index contributed by atoms with van der Waals surface area (Å²) in [6.07, 6.45) is -8.87. The van der Waals surface area contributed by atoms with Crippen molar-refractivity contribution in [3.05, 3.63) is 59.9 Å². The van der Waals surface area contributed by atoms with E-state index in [-0.39, 0.29) is 0 Å². The van der Waals surface area contributed by atoms with E-state index in [2.05, 4.69) is 0 Å². The number of benzene rings is 1. The molecule has 254 valence electrons. The van der Waals surface area contributed by atoms with Crippen molar-refractivity contribution in [2.75, 3.05) is 20.3 Å². The molecule has 0 spiro atoms. The van der Waals surface area contributed by atoms with Gasteiger partial charge in [-0.15, -0.1) is 0 Å². The average molecular weight is 653 g/mol. The van der Waals surface area contributed by atoms with Gasteiger partial charge in [0.05, 0.1) is 44.7 Å². The third kappa shape index (κ3) is 7.14. The van der Waals surface area contributed by atoms with Gasteiger partial charge in [0.25, 0.3) is 0 Å². The maximum atomic E-state index is 12.5. The number of ether oxygens (including phenoxy) is 7. The largest absolute Gasteiger partial charge is 0.497 e. The monoisotopic (exact) mass is 652 g/mol. The first-order valence-electron chi connectivity index (χ1n) is 14.9. The molecule has 2 saturated heterocycles. The Morgan fingerprint density at radius 3 is 2.26 bits per heavy atom. The first kappa shape index (κ1) is 34.4. The van der Waals surface area contributed by atoms with Gasteiger partial charge in [-0.3, -0.25) is 0 Å². The Morgan fingerprint density at radius 1 is 0.891 bits per heavy atom. The Morgan fingerprint density at radius 2 is 1.59 bits per heavy atom. The number of carbonyl (C=O) groups is 1. The Balaban J connectivity index is 1.21. The number of aliphatic hydroxyl groups excluding tert-OH is 7. The van der Waals surface area contributed by atoms with Crippen molar-refractivity contribution in [2.45, 2.75) is 80.7 Å². The van der Waals surface area contributed by atoms with E-state index in [1.807, 2.05) is 0 Å². The number of fused-ring (bicyclic) bond motifs is 1. The highest BCUT2D eigenvalue weighted by atomic mass is 16.8. The predicted octanol–water partition coefficient (Wildman–Crippen LogP) is -1.68. The molecule has 14 unspecified atom stereocenters. The minimum absolute atomic E-state index is 0.429. The highest BCUT2D eigenvalue weighted by Crippen LogP contribution is 2.43. The Labute approximate surface area is 264 Å². The molecule has 0 radical (unpaired) electrons. The van der Waals surface area contributed by atoms with E-state index in [1.54, 1.807) is 50.5 Å². The molecule has 5 rings (SSSR count). The van der Waals surface area contributed by atoms with Gasteiger partial charge in [0, 0.05) is 12.0 Å². The number of rotatable bonds is 10. The predicted molar refractivity (Wildman–Crippen MR) is 154 cm³/mol. The summed E-state index contributed by atoms with van der Waals surface area (Å²) >= 11 is 0. The van der Waals surface area contributed by atoms with Crippen LogP contribution in [0.1, 0.15) is 12.5 Å². The fraction of sp³-hybridized carbons (Fsp3) is 0.581. The molecular weight excluding hydrogens is 612 g/mol. The molecule has 15 heteroatoms. The number of esters is 1. The van der Waals surface area contributed by atoms with Gasteiger partial charge in [0.1, 0.15) is 42.4 Å². The molecule has 0 saturated carbocycles. The molecule has 15 nitrogen and oxygen atoms in total. The molecule has 0 aromatic heterocycles. The maximum absolute atomic E-state index is 12.5. The van der Waals surface area contributed by atoms with E-state index in [4.69, 9.17) is 33.2 Å². The summed E-state index contributed by atoms with van der Waals surface area (Å²) < 4.78 is 39.3. The summed E-state index contributed by atoms with van der Waals surface area (Å²) in [5.74, 6) is -1.31. The van der Waals surface area contributed by atoms with Crippen LogP contribution in [-0.2, 0) is 33.2 Å². The Bertz CT molecular complexity index is 1260. The van der Waals surface area contributed by atoms with Crippen molar-refractivity contribution < 1.29 is 73.7 Å². The highest BCUT2D eigenvalue weighted by Gasteiger charge is 2.52.